The Kier molecular flexibility index (Phi) is 4.32. The van der Waals surface area contributed by atoms with Crippen LogP contribution >= 0.6 is 0 Å². The number of hydrogen-bond acceptors (Lipinski definition) is 2. The van der Waals surface area contributed by atoms with Gasteiger partial charge in [0, 0.05) is 30.9 Å². The molecule has 1 heterocycles. The number of imidazole rings is 1. The molecule has 1 aromatic heterocycles. The SMILES string of the molecule is CCCn1ccnc1CC(O)c1cccc(C)c1F. The molecule has 4 heteroatoms. The van der Waals surface area contributed by atoms with E-state index in [1.54, 1.807) is 31.3 Å². The molecule has 0 aliphatic carbocycles. The lowest BCUT2D eigenvalue weighted by atomic mass is 10.0. The van der Waals surface area contributed by atoms with Crippen LogP contribution in [0.15, 0.2) is 30.6 Å². The van der Waals surface area contributed by atoms with Crippen molar-refractivity contribution >= 4 is 0 Å². The molecule has 0 amide bonds. The Morgan fingerprint density at radius 3 is 2.95 bits per heavy atom. The number of hydrogen-bond donors (Lipinski definition) is 1. The quantitative estimate of drug-likeness (QED) is 0.899. The summed E-state index contributed by atoms with van der Waals surface area (Å²) in [5.74, 6) is 0.457. The molecule has 0 saturated heterocycles. The second kappa shape index (κ2) is 5.97. The van der Waals surface area contributed by atoms with Gasteiger partial charge in [0.25, 0.3) is 0 Å². The predicted molar refractivity (Wildman–Crippen MR) is 72.3 cm³/mol. The Labute approximate surface area is 112 Å². The second-order valence-corrected chi connectivity index (χ2v) is 4.73. The van der Waals surface area contributed by atoms with Crippen molar-refractivity contribution in [1.29, 1.82) is 0 Å². The van der Waals surface area contributed by atoms with Crippen LogP contribution in [0, 0.1) is 12.7 Å². The maximum absolute atomic E-state index is 13.9. The van der Waals surface area contributed by atoms with Crippen LogP contribution in [0.3, 0.4) is 0 Å². The molecule has 0 radical (unpaired) electrons. The minimum absolute atomic E-state index is 0.327. The fourth-order valence-corrected chi connectivity index (χ4v) is 2.18. The van der Waals surface area contributed by atoms with Gasteiger partial charge in [-0.3, -0.25) is 0 Å². The third-order valence-corrected chi connectivity index (χ3v) is 3.22. The van der Waals surface area contributed by atoms with Crippen LogP contribution in [0.4, 0.5) is 4.39 Å². The Balaban J connectivity index is 2.18. The smallest absolute Gasteiger partial charge is 0.131 e. The van der Waals surface area contributed by atoms with E-state index in [0.717, 1.165) is 18.8 Å². The lowest BCUT2D eigenvalue weighted by molar-refractivity contribution is 0.169. The molecule has 1 aromatic carbocycles. The summed E-state index contributed by atoms with van der Waals surface area (Å²) in [5, 5.41) is 10.2. The van der Waals surface area contributed by atoms with Crippen LogP contribution < -0.4 is 0 Å². The largest absolute Gasteiger partial charge is 0.388 e. The zero-order valence-electron chi connectivity index (χ0n) is 11.3. The Hall–Kier alpha value is -1.68. The van der Waals surface area contributed by atoms with E-state index in [2.05, 4.69) is 11.9 Å². The minimum atomic E-state index is -0.863. The van der Waals surface area contributed by atoms with Crippen molar-refractivity contribution in [2.24, 2.45) is 0 Å². The highest BCUT2D eigenvalue weighted by Crippen LogP contribution is 2.22. The van der Waals surface area contributed by atoms with Crippen LogP contribution in [0.1, 0.15) is 36.4 Å². The van der Waals surface area contributed by atoms with Crippen molar-refractivity contribution in [3.8, 4) is 0 Å². The summed E-state index contributed by atoms with van der Waals surface area (Å²) in [4.78, 5) is 4.23. The van der Waals surface area contributed by atoms with Crippen molar-refractivity contribution in [1.82, 2.24) is 9.55 Å². The molecule has 102 valence electrons. The van der Waals surface area contributed by atoms with E-state index >= 15 is 0 Å². The molecule has 0 aliphatic rings. The average Bonchev–Trinajstić information content (AvgIpc) is 2.80. The molecule has 19 heavy (non-hydrogen) atoms. The van der Waals surface area contributed by atoms with E-state index in [0.29, 0.717) is 17.5 Å². The molecule has 0 aliphatic heterocycles. The van der Waals surface area contributed by atoms with Crippen LogP contribution in [0.2, 0.25) is 0 Å². The Morgan fingerprint density at radius 2 is 2.21 bits per heavy atom. The summed E-state index contributed by atoms with van der Waals surface area (Å²) >= 11 is 0. The number of aliphatic hydroxyl groups is 1. The maximum Gasteiger partial charge on any atom is 0.131 e. The number of aromatic nitrogens is 2. The van der Waals surface area contributed by atoms with Crippen molar-refractivity contribution in [2.45, 2.75) is 39.3 Å². The van der Waals surface area contributed by atoms with Gasteiger partial charge in [-0.2, -0.15) is 0 Å². The van der Waals surface area contributed by atoms with Gasteiger partial charge in [-0.05, 0) is 18.9 Å². The summed E-state index contributed by atoms with van der Waals surface area (Å²) in [6, 6.07) is 5.08. The highest BCUT2D eigenvalue weighted by atomic mass is 19.1. The molecular weight excluding hydrogens is 243 g/mol. The molecule has 3 nitrogen and oxygen atoms in total. The van der Waals surface area contributed by atoms with Gasteiger partial charge in [0.05, 0.1) is 6.10 Å². The molecule has 2 rings (SSSR count). The van der Waals surface area contributed by atoms with Gasteiger partial charge >= 0.3 is 0 Å². The van der Waals surface area contributed by atoms with Crippen molar-refractivity contribution < 1.29 is 9.50 Å². The topological polar surface area (TPSA) is 38.0 Å². The first-order valence-corrected chi connectivity index (χ1v) is 6.56. The number of aliphatic hydroxyl groups excluding tert-OH is 1. The fraction of sp³-hybridized carbons (Fsp3) is 0.400. The molecule has 0 fully saturated rings. The third-order valence-electron chi connectivity index (χ3n) is 3.22. The van der Waals surface area contributed by atoms with E-state index < -0.39 is 6.10 Å². The van der Waals surface area contributed by atoms with Crippen molar-refractivity contribution in [3.05, 3.63) is 53.4 Å². The average molecular weight is 262 g/mol. The van der Waals surface area contributed by atoms with Crippen LogP contribution in [0.25, 0.3) is 0 Å². The number of rotatable bonds is 5. The lowest BCUT2D eigenvalue weighted by Gasteiger charge is -2.14. The zero-order chi connectivity index (χ0) is 13.8. The van der Waals surface area contributed by atoms with E-state index in [9.17, 15) is 9.50 Å². The molecule has 0 spiro atoms. The van der Waals surface area contributed by atoms with Gasteiger partial charge in [-0.15, -0.1) is 0 Å². The van der Waals surface area contributed by atoms with Gasteiger partial charge < -0.3 is 9.67 Å². The summed E-state index contributed by atoms with van der Waals surface area (Å²) in [7, 11) is 0. The Morgan fingerprint density at radius 1 is 1.42 bits per heavy atom. The third kappa shape index (κ3) is 3.01. The lowest BCUT2D eigenvalue weighted by Crippen LogP contribution is -2.10. The summed E-state index contributed by atoms with van der Waals surface area (Å²) in [5.41, 5.74) is 0.888. The van der Waals surface area contributed by atoms with Crippen molar-refractivity contribution in [3.63, 3.8) is 0 Å². The van der Waals surface area contributed by atoms with Crippen LogP contribution in [0.5, 0.6) is 0 Å². The first kappa shape index (κ1) is 13.7. The molecule has 0 saturated carbocycles. The molecule has 1 N–H and O–H groups in total. The van der Waals surface area contributed by atoms with E-state index in [1.165, 1.54) is 0 Å². The first-order chi connectivity index (χ1) is 9.13. The van der Waals surface area contributed by atoms with Gasteiger partial charge in [0.2, 0.25) is 0 Å². The monoisotopic (exact) mass is 262 g/mol. The van der Waals surface area contributed by atoms with Gasteiger partial charge in [0.1, 0.15) is 11.6 Å². The van der Waals surface area contributed by atoms with Crippen LogP contribution in [-0.4, -0.2) is 14.7 Å². The van der Waals surface area contributed by atoms with E-state index in [-0.39, 0.29) is 5.82 Å². The highest BCUT2D eigenvalue weighted by molar-refractivity contribution is 5.27. The molecule has 2 aromatic rings. The summed E-state index contributed by atoms with van der Waals surface area (Å²) in [6.07, 6.45) is 4.06. The second-order valence-electron chi connectivity index (χ2n) is 4.73. The van der Waals surface area contributed by atoms with E-state index in [4.69, 9.17) is 0 Å². The zero-order valence-corrected chi connectivity index (χ0v) is 11.3. The van der Waals surface area contributed by atoms with Gasteiger partial charge in [-0.1, -0.05) is 25.1 Å². The number of aryl methyl sites for hydroxylation is 2. The normalized spacial score (nSPS) is 12.6. The van der Waals surface area contributed by atoms with Crippen molar-refractivity contribution in [2.75, 3.05) is 0 Å². The summed E-state index contributed by atoms with van der Waals surface area (Å²) in [6.45, 7) is 4.64. The molecule has 0 bridgehead atoms. The standard InChI is InChI=1S/C15H19FN2O/c1-3-8-18-9-7-17-14(18)10-13(19)12-6-4-5-11(2)15(12)16/h4-7,9,13,19H,3,8,10H2,1-2H3. The van der Waals surface area contributed by atoms with E-state index in [1.807, 2.05) is 10.8 Å². The Bertz CT molecular complexity index is 551. The maximum atomic E-state index is 13.9. The predicted octanol–water partition coefficient (Wildman–Crippen LogP) is 3.02. The fourth-order valence-electron chi connectivity index (χ4n) is 2.18. The highest BCUT2D eigenvalue weighted by Gasteiger charge is 2.16. The molecular formula is C15H19FN2O. The first-order valence-electron chi connectivity index (χ1n) is 6.56. The number of benzene rings is 1. The summed E-state index contributed by atoms with van der Waals surface area (Å²) < 4.78 is 15.9. The van der Waals surface area contributed by atoms with Gasteiger partial charge in [0.15, 0.2) is 0 Å². The minimum Gasteiger partial charge on any atom is -0.388 e. The molecule has 1 atom stereocenters. The number of halogens is 1. The molecule has 1 unspecified atom stereocenters. The number of nitrogens with zero attached hydrogens (tertiary/aromatic N) is 2. The van der Waals surface area contributed by atoms with Crippen LogP contribution in [-0.2, 0) is 13.0 Å². The van der Waals surface area contributed by atoms with Gasteiger partial charge in [-0.25, -0.2) is 9.37 Å².